The minimum absolute atomic E-state index is 0.0884. The van der Waals surface area contributed by atoms with Gasteiger partial charge in [-0.15, -0.1) is 0 Å². The number of nitrogens with one attached hydrogen (secondary N) is 1. The van der Waals surface area contributed by atoms with Crippen LogP contribution < -0.4 is 5.32 Å². The van der Waals surface area contributed by atoms with Crippen molar-refractivity contribution in [1.29, 1.82) is 0 Å². The standard InChI is InChI=1S/C21H26FNO/c1-21(2,3)14-13-19(16-9-11-18(22)12-10-16)15-5-7-17(8-6-15)20(24)23-4/h5-12,19H,13-14H2,1-4H3,(H,23,24). The topological polar surface area (TPSA) is 29.1 Å². The summed E-state index contributed by atoms with van der Waals surface area (Å²) in [5.74, 6) is -0.110. The highest BCUT2D eigenvalue weighted by atomic mass is 19.1. The molecule has 0 aliphatic rings. The predicted molar refractivity (Wildman–Crippen MR) is 96.8 cm³/mol. The summed E-state index contributed by atoms with van der Waals surface area (Å²) < 4.78 is 13.3. The van der Waals surface area contributed by atoms with Gasteiger partial charge < -0.3 is 5.32 Å². The van der Waals surface area contributed by atoms with Crippen molar-refractivity contribution in [3.05, 3.63) is 71.0 Å². The van der Waals surface area contributed by atoms with Crippen LogP contribution in [0, 0.1) is 11.2 Å². The van der Waals surface area contributed by atoms with Crippen molar-refractivity contribution >= 4 is 5.91 Å². The minimum atomic E-state index is -0.219. The van der Waals surface area contributed by atoms with E-state index in [2.05, 4.69) is 26.1 Å². The predicted octanol–water partition coefficient (Wildman–Crippen LogP) is 5.14. The molecule has 0 heterocycles. The lowest BCUT2D eigenvalue weighted by atomic mass is 9.81. The monoisotopic (exact) mass is 327 g/mol. The highest BCUT2D eigenvalue weighted by Crippen LogP contribution is 2.34. The molecule has 0 aliphatic heterocycles. The van der Waals surface area contributed by atoms with Crippen LogP contribution in [0.1, 0.15) is 61.0 Å². The molecule has 3 heteroatoms. The fourth-order valence-electron chi connectivity index (χ4n) is 2.81. The fourth-order valence-corrected chi connectivity index (χ4v) is 2.81. The molecule has 2 nitrogen and oxygen atoms in total. The van der Waals surface area contributed by atoms with E-state index in [1.165, 1.54) is 12.1 Å². The zero-order valence-corrected chi connectivity index (χ0v) is 14.9. The lowest BCUT2D eigenvalue weighted by Crippen LogP contribution is -2.17. The van der Waals surface area contributed by atoms with Crippen molar-refractivity contribution in [2.75, 3.05) is 7.05 Å². The Morgan fingerprint density at radius 2 is 1.50 bits per heavy atom. The van der Waals surface area contributed by atoms with Crippen molar-refractivity contribution in [3.63, 3.8) is 0 Å². The highest BCUT2D eigenvalue weighted by Gasteiger charge is 2.19. The summed E-state index contributed by atoms with van der Waals surface area (Å²) in [4.78, 5) is 11.7. The molecule has 2 aromatic rings. The molecule has 24 heavy (non-hydrogen) atoms. The number of hydrogen-bond donors (Lipinski definition) is 1. The van der Waals surface area contributed by atoms with Gasteiger partial charge in [0.2, 0.25) is 0 Å². The third kappa shape index (κ3) is 4.92. The van der Waals surface area contributed by atoms with Gasteiger partial charge >= 0.3 is 0 Å². The van der Waals surface area contributed by atoms with Gasteiger partial charge in [-0.25, -0.2) is 4.39 Å². The average molecular weight is 327 g/mol. The molecule has 0 saturated heterocycles. The van der Waals surface area contributed by atoms with Gasteiger partial charge in [-0.2, -0.15) is 0 Å². The van der Waals surface area contributed by atoms with E-state index in [1.54, 1.807) is 7.05 Å². The molecule has 0 aliphatic carbocycles. The number of carbonyl (C=O) groups excluding carboxylic acids is 1. The average Bonchev–Trinajstić information content (AvgIpc) is 2.55. The summed E-state index contributed by atoms with van der Waals surface area (Å²) in [5.41, 5.74) is 3.14. The molecule has 0 aromatic heterocycles. The van der Waals surface area contributed by atoms with Crippen LogP contribution in [0.3, 0.4) is 0 Å². The molecular weight excluding hydrogens is 301 g/mol. The van der Waals surface area contributed by atoms with Crippen LogP contribution in [-0.2, 0) is 0 Å². The molecule has 0 radical (unpaired) electrons. The highest BCUT2D eigenvalue weighted by molar-refractivity contribution is 5.93. The molecule has 2 aromatic carbocycles. The molecule has 0 bridgehead atoms. The fraction of sp³-hybridized carbons (Fsp3) is 0.381. The summed E-state index contributed by atoms with van der Waals surface area (Å²) in [6.45, 7) is 6.68. The zero-order valence-electron chi connectivity index (χ0n) is 14.9. The quantitative estimate of drug-likeness (QED) is 0.809. The Morgan fingerprint density at radius 3 is 1.96 bits per heavy atom. The third-order valence-electron chi connectivity index (χ3n) is 4.26. The number of halogens is 1. The molecular formula is C21H26FNO. The van der Waals surface area contributed by atoms with Crippen LogP contribution in [0.4, 0.5) is 4.39 Å². The van der Waals surface area contributed by atoms with Crippen LogP contribution in [-0.4, -0.2) is 13.0 Å². The van der Waals surface area contributed by atoms with Gasteiger partial charge in [0.25, 0.3) is 5.91 Å². The molecule has 1 N–H and O–H groups in total. The first kappa shape index (κ1) is 18.2. The summed E-state index contributed by atoms with van der Waals surface area (Å²) in [6, 6.07) is 14.4. The molecule has 0 spiro atoms. The Kier molecular flexibility index (Phi) is 5.76. The molecule has 1 atom stereocenters. The van der Waals surface area contributed by atoms with Crippen molar-refractivity contribution in [3.8, 4) is 0 Å². The van der Waals surface area contributed by atoms with Gasteiger partial charge in [0.15, 0.2) is 0 Å². The lowest BCUT2D eigenvalue weighted by molar-refractivity contribution is 0.0963. The van der Waals surface area contributed by atoms with E-state index in [0.717, 1.165) is 24.0 Å². The number of carbonyl (C=O) groups is 1. The maximum atomic E-state index is 13.3. The van der Waals surface area contributed by atoms with Crippen LogP contribution in [0.15, 0.2) is 48.5 Å². The smallest absolute Gasteiger partial charge is 0.251 e. The summed E-state index contributed by atoms with van der Waals surface area (Å²) in [7, 11) is 1.63. The van der Waals surface area contributed by atoms with Crippen LogP contribution in [0.5, 0.6) is 0 Å². The molecule has 2 rings (SSSR count). The minimum Gasteiger partial charge on any atom is -0.355 e. The number of hydrogen-bond acceptors (Lipinski definition) is 1. The van der Waals surface area contributed by atoms with Crippen molar-refractivity contribution in [2.24, 2.45) is 5.41 Å². The summed E-state index contributed by atoms with van der Waals surface area (Å²) in [6.07, 6.45) is 2.04. The normalized spacial score (nSPS) is 12.7. The van der Waals surface area contributed by atoms with Crippen LogP contribution in [0.2, 0.25) is 0 Å². The first-order chi connectivity index (χ1) is 11.3. The van der Waals surface area contributed by atoms with Gasteiger partial charge in [0, 0.05) is 18.5 Å². The molecule has 128 valence electrons. The Balaban J connectivity index is 2.30. The van der Waals surface area contributed by atoms with Crippen LogP contribution in [0.25, 0.3) is 0 Å². The van der Waals surface area contributed by atoms with E-state index < -0.39 is 0 Å². The Labute approximate surface area is 144 Å². The van der Waals surface area contributed by atoms with E-state index in [0.29, 0.717) is 5.56 Å². The van der Waals surface area contributed by atoms with Gasteiger partial charge in [0.1, 0.15) is 5.82 Å². The lowest BCUT2D eigenvalue weighted by Gasteiger charge is -2.24. The maximum Gasteiger partial charge on any atom is 0.251 e. The van der Waals surface area contributed by atoms with E-state index in [4.69, 9.17) is 0 Å². The SMILES string of the molecule is CNC(=O)c1ccc(C(CCC(C)(C)C)c2ccc(F)cc2)cc1. The van der Waals surface area contributed by atoms with E-state index in [9.17, 15) is 9.18 Å². The van der Waals surface area contributed by atoms with Gasteiger partial charge in [-0.3, -0.25) is 4.79 Å². The van der Waals surface area contributed by atoms with E-state index in [1.807, 2.05) is 36.4 Å². The second-order valence-electron chi connectivity index (χ2n) is 7.40. The summed E-state index contributed by atoms with van der Waals surface area (Å²) >= 11 is 0. The Morgan fingerprint density at radius 1 is 1.00 bits per heavy atom. The van der Waals surface area contributed by atoms with Gasteiger partial charge in [-0.05, 0) is 53.6 Å². The zero-order chi connectivity index (χ0) is 17.7. The molecule has 0 saturated carbocycles. The molecule has 0 fully saturated rings. The molecule has 1 amide bonds. The van der Waals surface area contributed by atoms with Gasteiger partial charge in [-0.1, -0.05) is 45.0 Å². The van der Waals surface area contributed by atoms with Crippen molar-refractivity contribution in [2.45, 2.75) is 39.5 Å². The van der Waals surface area contributed by atoms with Crippen LogP contribution >= 0.6 is 0 Å². The van der Waals surface area contributed by atoms with Crippen molar-refractivity contribution in [1.82, 2.24) is 5.32 Å². The first-order valence-corrected chi connectivity index (χ1v) is 8.37. The summed E-state index contributed by atoms with van der Waals surface area (Å²) in [5, 5.41) is 2.63. The number of amides is 1. The van der Waals surface area contributed by atoms with E-state index in [-0.39, 0.29) is 23.1 Å². The van der Waals surface area contributed by atoms with Gasteiger partial charge in [0.05, 0.1) is 0 Å². The Bertz CT molecular complexity index is 668. The number of benzene rings is 2. The number of rotatable bonds is 5. The molecule has 1 unspecified atom stereocenters. The first-order valence-electron chi connectivity index (χ1n) is 8.37. The van der Waals surface area contributed by atoms with Crippen molar-refractivity contribution < 1.29 is 9.18 Å². The second-order valence-corrected chi connectivity index (χ2v) is 7.40. The second kappa shape index (κ2) is 7.61. The van der Waals surface area contributed by atoms with E-state index >= 15 is 0 Å². The third-order valence-corrected chi connectivity index (χ3v) is 4.26. The largest absolute Gasteiger partial charge is 0.355 e. The maximum absolute atomic E-state index is 13.3. The Hall–Kier alpha value is -2.16.